The number of halogens is 3. The number of carbonyl (C=O) groups is 1. The first-order chi connectivity index (χ1) is 18.1. The van der Waals surface area contributed by atoms with Crippen molar-refractivity contribution in [2.45, 2.75) is 25.3 Å². The van der Waals surface area contributed by atoms with Gasteiger partial charge in [0.15, 0.2) is 0 Å². The molecule has 1 aliphatic heterocycles. The standard InChI is InChI=1S/C28H29ClF2N2O5/c1-28(30,31)18-5-4-17-8-9-33(24(17)12-18)27(35)26(23-7-6-19(29)13-25(23)37-3)32-20-14-21(36-2)16-22(15-20)38-11-10-34/h4-7,12-16,26,32,34H,8-11H2,1-3H3. The van der Waals surface area contributed by atoms with Gasteiger partial charge in [-0.3, -0.25) is 4.79 Å². The molecular weight excluding hydrogens is 518 g/mol. The zero-order valence-electron chi connectivity index (χ0n) is 21.3. The monoisotopic (exact) mass is 546 g/mol. The lowest BCUT2D eigenvalue weighted by Gasteiger charge is -2.28. The lowest BCUT2D eigenvalue weighted by atomic mass is 10.0. The molecule has 3 aromatic rings. The van der Waals surface area contributed by atoms with Crippen molar-refractivity contribution in [3.63, 3.8) is 0 Å². The number of ether oxygens (including phenoxy) is 3. The second-order valence-electron chi connectivity index (χ2n) is 8.90. The molecule has 0 fully saturated rings. The van der Waals surface area contributed by atoms with Crippen LogP contribution in [0.3, 0.4) is 0 Å². The zero-order valence-corrected chi connectivity index (χ0v) is 22.0. The van der Waals surface area contributed by atoms with E-state index in [9.17, 15) is 13.6 Å². The van der Waals surface area contributed by atoms with Crippen LogP contribution in [0, 0.1) is 0 Å². The summed E-state index contributed by atoms with van der Waals surface area (Å²) in [5.74, 6) is -2.12. The summed E-state index contributed by atoms with van der Waals surface area (Å²) in [7, 11) is 2.98. The third-order valence-electron chi connectivity index (χ3n) is 6.29. The summed E-state index contributed by atoms with van der Waals surface area (Å²) >= 11 is 6.18. The minimum atomic E-state index is -3.05. The maximum absolute atomic E-state index is 14.1. The minimum Gasteiger partial charge on any atom is -0.497 e. The largest absolute Gasteiger partial charge is 0.497 e. The van der Waals surface area contributed by atoms with Gasteiger partial charge in [-0.1, -0.05) is 29.8 Å². The number of fused-ring (bicyclic) bond motifs is 1. The van der Waals surface area contributed by atoms with Crippen molar-refractivity contribution < 1.29 is 32.9 Å². The molecule has 1 atom stereocenters. The van der Waals surface area contributed by atoms with Crippen molar-refractivity contribution in [3.05, 3.63) is 76.3 Å². The fourth-order valence-corrected chi connectivity index (χ4v) is 4.58. The van der Waals surface area contributed by atoms with E-state index in [0.717, 1.165) is 12.5 Å². The van der Waals surface area contributed by atoms with Crippen LogP contribution in [-0.2, 0) is 17.1 Å². The maximum atomic E-state index is 14.1. The molecular formula is C28H29ClF2N2O5. The molecule has 0 spiro atoms. The molecule has 1 aliphatic rings. The van der Waals surface area contributed by atoms with Gasteiger partial charge >= 0.3 is 0 Å². The molecule has 0 bridgehead atoms. The van der Waals surface area contributed by atoms with Gasteiger partial charge in [0.25, 0.3) is 11.8 Å². The number of carbonyl (C=O) groups excluding carboxylic acids is 1. The van der Waals surface area contributed by atoms with E-state index in [1.165, 1.54) is 31.3 Å². The van der Waals surface area contributed by atoms with Crippen molar-refractivity contribution in [2.75, 3.05) is 44.2 Å². The predicted octanol–water partition coefficient (Wildman–Crippen LogP) is 5.58. The zero-order chi connectivity index (χ0) is 27.4. The molecule has 4 rings (SSSR count). The van der Waals surface area contributed by atoms with E-state index in [1.807, 2.05) is 0 Å². The van der Waals surface area contributed by atoms with E-state index in [-0.39, 0.29) is 24.7 Å². The molecule has 202 valence electrons. The number of aliphatic hydroxyl groups excluding tert-OH is 1. The topological polar surface area (TPSA) is 80.3 Å². The summed E-state index contributed by atoms with van der Waals surface area (Å²) in [5, 5.41) is 12.8. The lowest BCUT2D eigenvalue weighted by Crippen LogP contribution is -2.37. The van der Waals surface area contributed by atoms with Gasteiger partial charge in [-0.05, 0) is 30.2 Å². The highest BCUT2D eigenvalue weighted by Crippen LogP contribution is 2.39. The molecule has 1 unspecified atom stereocenters. The Hall–Kier alpha value is -3.56. The highest BCUT2D eigenvalue weighted by molar-refractivity contribution is 6.30. The van der Waals surface area contributed by atoms with Crippen LogP contribution in [0.4, 0.5) is 20.2 Å². The van der Waals surface area contributed by atoms with Gasteiger partial charge in [0, 0.05) is 59.2 Å². The predicted molar refractivity (Wildman–Crippen MR) is 142 cm³/mol. The van der Waals surface area contributed by atoms with Gasteiger partial charge in [0.05, 0.1) is 20.8 Å². The Bertz CT molecular complexity index is 1310. The smallest absolute Gasteiger partial charge is 0.270 e. The van der Waals surface area contributed by atoms with Crippen LogP contribution in [0.1, 0.15) is 29.7 Å². The van der Waals surface area contributed by atoms with Crippen molar-refractivity contribution >= 4 is 28.9 Å². The number of methoxy groups -OCH3 is 2. The Morgan fingerprint density at radius 1 is 1.11 bits per heavy atom. The Labute approximate surface area is 224 Å². The molecule has 0 saturated heterocycles. The number of amides is 1. The lowest BCUT2D eigenvalue weighted by molar-refractivity contribution is -0.119. The second-order valence-corrected chi connectivity index (χ2v) is 9.34. The molecule has 0 saturated carbocycles. The van der Waals surface area contributed by atoms with Crippen molar-refractivity contribution in [1.82, 2.24) is 0 Å². The Balaban J connectivity index is 1.77. The third kappa shape index (κ3) is 5.95. The van der Waals surface area contributed by atoms with Crippen molar-refractivity contribution in [2.24, 2.45) is 0 Å². The molecule has 7 nitrogen and oxygen atoms in total. The van der Waals surface area contributed by atoms with Crippen LogP contribution in [-0.4, -0.2) is 45.0 Å². The molecule has 2 N–H and O–H groups in total. The van der Waals surface area contributed by atoms with Gasteiger partial charge < -0.3 is 29.5 Å². The number of anilines is 2. The van der Waals surface area contributed by atoms with Gasteiger partial charge in [-0.2, -0.15) is 0 Å². The van der Waals surface area contributed by atoms with E-state index in [2.05, 4.69) is 5.32 Å². The van der Waals surface area contributed by atoms with Gasteiger partial charge in [0.1, 0.15) is 29.9 Å². The molecule has 1 heterocycles. The van der Waals surface area contributed by atoms with Gasteiger partial charge in [0.2, 0.25) is 0 Å². The minimum absolute atomic E-state index is 0.0783. The summed E-state index contributed by atoms with van der Waals surface area (Å²) in [6.45, 7) is 1.08. The molecule has 38 heavy (non-hydrogen) atoms. The normalized spacial score (nSPS) is 13.6. The first-order valence-corrected chi connectivity index (χ1v) is 12.4. The average Bonchev–Trinajstić information content (AvgIpc) is 3.33. The Morgan fingerprint density at radius 3 is 2.55 bits per heavy atom. The Kier molecular flexibility index (Phi) is 8.28. The molecule has 0 aromatic heterocycles. The number of aliphatic hydroxyl groups is 1. The van der Waals surface area contributed by atoms with Crippen molar-refractivity contribution in [3.8, 4) is 17.2 Å². The summed E-state index contributed by atoms with van der Waals surface area (Å²) in [4.78, 5) is 15.6. The Morgan fingerprint density at radius 2 is 1.87 bits per heavy atom. The SMILES string of the molecule is COc1cc(NC(C(=O)N2CCc3ccc(C(C)(F)F)cc32)c2ccc(Cl)cc2OC)cc(OCCO)c1. The second kappa shape index (κ2) is 11.4. The van der Waals surface area contributed by atoms with E-state index in [4.69, 9.17) is 30.9 Å². The summed E-state index contributed by atoms with van der Waals surface area (Å²) in [5.41, 5.74) is 2.11. The van der Waals surface area contributed by atoms with Crippen LogP contribution in [0.5, 0.6) is 17.2 Å². The highest BCUT2D eigenvalue weighted by atomic mass is 35.5. The molecule has 0 radical (unpaired) electrons. The van der Waals surface area contributed by atoms with Crippen LogP contribution < -0.4 is 24.4 Å². The summed E-state index contributed by atoms with van der Waals surface area (Å²) < 4.78 is 44.7. The fraction of sp³-hybridized carbons (Fsp3) is 0.321. The molecule has 0 aliphatic carbocycles. The molecule has 3 aromatic carbocycles. The van der Waals surface area contributed by atoms with Crippen LogP contribution in [0.15, 0.2) is 54.6 Å². The number of hydrogen-bond donors (Lipinski definition) is 2. The van der Waals surface area contributed by atoms with E-state index in [1.54, 1.807) is 42.5 Å². The third-order valence-corrected chi connectivity index (χ3v) is 6.53. The van der Waals surface area contributed by atoms with Crippen LogP contribution >= 0.6 is 11.6 Å². The number of hydrogen-bond acceptors (Lipinski definition) is 6. The van der Waals surface area contributed by atoms with Crippen LogP contribution in [0.2, 0.25) is 5.02 Å². The van der Waals surface area contributed by atoms with Crippen molar-refractivity contribution in [1.29, 1.82) is 0 Å². The molecule has 10 heteroatoms. The first-order valence-electron chi connectivity index (χ1n) is 12.0. The number of benzene rings is 3. The quantitative estimate of drug-likeness (QED) is 0.345. The number of rotatable bonds is 10. The molecule has 1 amide bonds. The number of nitrogens with one attached hydrogen (secondary N) is 1. The fourth-order valence-electron chi connectivity index (χ4n) is 4.42. The maximum Gasteiger partial charge on any atom is 0.270 e. The van der Waals surface area contributed by atoms with Gasteiger partial charge in [-0.15, -0.1) is 0 Å². The highest BCUT2D eigenvalue weighted by Gasteiger charge is 2.35. The van der Waals surface area contributed by atoms with E-state index in [0.29, 0.717) is 52.2 Å². The van der Waals surface area contributed by atoms with E-state index >= 15 is 0 Å². The number of nitrogens with zero attached hydrogens (tertiary/aromatic N) is 1. The van der Waals surface area contributed by atoms with E-state index < -0.39 is 12.0 Å². The summed E-state index contributed by atoms with van der Waals surface area (Å²) in [6, 6.07) is 13.4. The van der Waals surface area contributed by atoms with Crippen LogP contribution in [0.25, 0.3) is 0 Å². The average molecular weight is 547 g/mol. The summed E-state index contributed by atoms with van der Waals surface area (Å²) in [6.07, 6.45) is 0.541. The van der Waals surface area contributed by atoms with Gasteiger partial charge in [-0.25, -0.2) is 8.78 Å². The number of alkyl halides is 2. The first kappa shape index (κ1) is 27.5.